The Bertz CT molecular complexity index is 1360. The first-order valence-electron chi connectivity index (χ1n) is 13.6. The van der Waals surface area contributed by atoms with Gasteiger partial charge in [0, 0.05) is 59.6 Å². The first kappa shape index (κ1) is 26.5. The highest BCUT2D eigenvalue weighted by Crippen LogP contribution is 2.45. The average molecular weight is 551 g/mol. The van der Waals surface area contributed by atoms with Crippen molar-refractivity contribution >= 4 is 16.6 Å². The van der Waals surface area contributed by atoms with Crippen molar-refractivity contribution in [1.82, 2.24) is 14.8 Å². The summed E-state index contributed by atoms with van der Waals surface area (Å²) in [6, 6.07) is 4.57. The lowest BCUT2D eigenvalue weighted by Gasteiger charge is -2.41. The molecule has 4 nitrogen and oxygen atoms in total. The number of anilines is 1. The number of aromatic amines is 1. The molecule has 1 aromatic heterocycles. The van der Waals surface area contributed by atoms with Crippen LogP contribution in [-0.4, -0.2) is 65.9 Å². The lowest BCUT2D eigenvalue weighted by atomic mass is 9.84. The highest BCUT2D eigenvalue weighted by molar-refractivity contribution is 5.87. The van der Waals surface area contributed by atoms with Crippen molar-refractivity contribution in [2.75, 3.05) is 38.2 Å². The van der Waals surface area contributed by atoms with Crippen LogP contribution in [0.5, 0.6) is 0 Å². The van der Waals surface area contributed by atoms with Gasteiger partial charge in [0.2, 0.25) is 0 Å². The summed E-state index contributed by atoms with van der Waals surface area (Å²) < 4.78 is 85.2. The fraction of sp³-hybridized carbons (Fsp3) is 0.517. The van der Waals surface area contributed by atoms with Crippen molar-refractivity contribution in [2.45, 2.75) is 63.3 Å². The van der Waals surface area contributed by atoms with Crippen molar-refractivity contribution < 1.29 is 26.3 Å². The second-order valence-electron chi connectivity index (χ2n) is 11.3. The minimum atomic E-state index is -4.54. The van der Waals surface area contributed by atoms with Crippen LogP contribution in [0.15, 0.2) is 24.3 Å². The van der Waals surface area contributed by atoms with E-state index in [9.17, 15) is 17.6 Å². The standard InChI is InChI=1S/C29H32F6N4/c1-16-9-22-21-10-17-3-4-18(17)11-25(21)37-27(22)28(39(16)15-29(33,34)35)26-23(31)12-20(13-24(26)32)36-19-5-8-38(14-19)7-2-6-30/h10-13,16,19,28,36-37H,2-9,14-15H2,1H3/t16?,19-,28?/m0/s1. The van der Waals surface area contributed by atoms with Gasteiger partial charge in [-0.1, -0.05) is 0 Å². The molecular weight excluding hydrogens is 518 g/mol. The fourth-order valence-corrected chi connectivity index (χ4v) is 6.62. The number of aromatic nitrogens is 1. The molecule has 6 rings (SSSR count). The van der Waals surface area contributed by atoms with E-state index >= 15 is 8.78 Å². The number of alkyl halides is 4. The summed E-state index contributed by atoms with van der Waals surface area (Å²) in [6.07, 6.45) is -1.09. The van der Waals surface area contributed by atoms with Gasteiger partial charge < -0.3 is 15.2 Å². The predicted molar refractivity (Wildman–Crippen MR) is 139 cm³/mol. The van der Waals surface area contributed by atoms with Gasteiger partial charge in [-0.15, -0.1) is 0 Å². The van der Waals surface area contributed by atoms with Crippen LogP contribution in [0.25, 0.3) is 10.9 Å². The first-order valence-corrected chi connectivity index (χ1v) is 13.6. The molecule has 2 aromatic carbocycles. The van der Waals surface area contributed by atoms with Crippen LogP contribution < -0.4 is 5.32 Å². The Kier molecular flexibility index (Phi) is 6.82. The molecule has 0 spiro atoms. The van der Waals surface area contributed by atoms with Gasteiger partial charge in [-0.2, -0.15) is 13.2 Å². The number of benzene rings is 2. The molecule has 3 atom stereocenters. The van der Waals surface area contributed by atoms with Gasteiger partial charge in [0.15, 0.2) is 0 Å². The second-order valence-corrected chi connectivity index (χ2v) is 11.3. The topological polar surface area (TPSA) is 34.3 Å². The zero-order valence-electron chi connectivity index (χ0n) is 21.8. The van der Waals surface area contributed by atoms with E-state index in [2.05, 4.69) is 21.3 Å². The van der Waals surface area contributed by atoms with Gasteiger partial charge in [0.25, 0.3) is 0 Å². The van der Waals surface area contributed by atoms with Crippen LogP contribution in [0.3, 0.4) is 0 Å². The molecule has 0 radical (unpaired) electrons. The lowest BCUT2D eigenvalue weighted by molar-refractivity contribution is -0.155. The molecule has 2 N–H and O–H groups in total. The number of halogens is 6. The number of nitrogens with one attached hydrogen (secondary N) is 2. The Hall–Kier alpha value is -2.72. The smallest absolute Gasteiger partial charge is 0.381 e. The molecule has 1 aliphatic carbocycles. The maximum Gasteiger partial charge on any atom is 0.401 e. The zero-order chi connectivity index (χ0) is 27.5. The quantitative estimate of drug-likeness (QED) is 0.340. The molecule has 3 aromatic rings. The molecule has 0 saturated carbocycles. The SMILES string of the molecule is CC1Cc2c([nH]c3cc4c(cc23)CC4)C(c2c(F)cc(N[C@H]3CCN(CCCF)C3)cc2F)N1CC(F)(F)F. The number of rotatable bonds is 7. The van der Waals surface area contributed by atoms with Gasteiger partial charge >= 0.3 is 6.18 Å². The molecule has 210 valence electrons. The normalized spacial score (nSPS) is 23.6. The largest absolute Gasteiger partial charge is 0.401 e. The number of hydrogen-bond donors (Lipinski definition) is 2. The summed E-state index contributed by atoms with van der Waals surface area (Å²) in [6.45, 7) is 2.04. The van der Waals surface area contributed by atoms with E-state index in [1.807, 2.05) is 6.07 Å². The number of H-pyrrole nitrogens is 1. The highest BCUT2D eigenvalue weighted by atomic mass is 19.4. The monoisotopic (exact) mass is 550 g/mol. The van der Waals surface area contributed by atoms with E-state index < -0.39 is 43.1 Å². The van der Waals surface area contributed by atoms with Crippen molar-refractivity contribution in [2.24, 2.45) is 0 Å². The first-order chi connectivity index (χ1) is 18.6. The molecular formula is C29H32F6N4. The number of nitrogens with zero attached hydrogens (tertiary/aromatic N) is 2. The van der Waals surface area contributed by atoms with E-state index in [0.717, 1.165) is 47.2 Å². The third kappa shape index (κ3) is 5.01. The summed E-state index contributed by atoms with van der Waals surface area (Å²) in [5, 5.41) is 4.08. The van der Waals surface area contributed by atoms with Crippen LogP contribution >= 0.6 is 0 Å². The lowest BCUT2D eigenvalue weighted by Crippen LogP contribution is -2.47. The van der Waals surface area contributed by atoms with E-state index in [1.165, 1.54) is 23.3 Å². The molecule has 2 aliphatic heterocycles. The minimum Gasteiger partial charge on any atom is -0.381 e. The summed E-state index contributed by atoms with van der Waals surface area (Å²) in [5.41, 5.74) is 4.33. The van der Waals surface area contributed by atoms with Gasteiger partial charge in [0.1, 0.15) is 11.6 Å². The van der Waals surface area contributed by atoms with Crippen molar-refractivity contribution in [1.29, 1.82) is 0 Å². The molecule has 3 aliphatic rings. The Labute approximate surface area is 223 Å². The molecule has 2 unspecified atom stereocenters. The number of hydrogen-bond acceptors (Lipinski definition) is 3. The molecule has 0 amide bonds. The second kappa shape index (κ2) is 10.0. The molecule has 1 saturated heterocycles. The van der Waals surface area contributed by atoms with E-state index in [4.69, 9.17) is 0 Å². The van der Waals surface area contributed by atoms with Gasteiger partial charge in [-0.25, -0.2) is 8.78 Å². The number of fused-ring (bicyclic) bond motifs is 4. The third-order valence-corrected chi connectivity index (χ3v) is 8.56. The van der Waals surface area contributed by atoms with Gasteiger partial charge in [-0.05, 0) is 80.0 Å². The molecule has 1 fully saturated rings. The van der Waals surface area contributed by atoms with Crippen molar-refractivity contribution in [3.63, 3.8) is 0 Å². The van der Waals surface area contributed by atoms with E-state index in [-0.39, 0.29) is 17.3 Å². The van der Waals surface area contributed by atoms with Crippen LogP contribution in [-0.2, 0) is 19.3 Å². The molecule has 39 heavy (non-hydrogen) atoms. The fourth-order valence-electron chi connectivity index (χ4n) is 6.62. The summed E-state index contributed by atoms with van der Waals surface area (Å²) >= 11 is 0. The van der Waals surface area contributed by atoms with E-state index in [1.54, 1.807) is 6.92 Å². The maximum atomic E-state index is 15.8. The molecule has 0 bridgehead atoms. The third-order valence-electron chi connectivity index (χ3n) is 8.56. The molecule has 10 heteroatoms. The number of likely N-dealkylation sites (tertiary alicyclic amines) is 1. The average Bonchev–Trinajstić information content (AvgIpc) is 3.43. The zero-order valence-corrected chi connectivity index (χ0v) is 21.8. The Morgan fingerprint density at radius 2 is 1.77 bits per heavy atom. The van der Waals surface area contributed by atoms with Crippen LogP contribution in [0.1, 0.15) is 53.8 Å². The van der Waals surface area contributed by atoms with Crippen LogP contribution in [0.2, 0.25) is 0 Å². The van der Waals surface area contributed by atoms with Crippen LogP contribution in [0, 0.1) is 11.6 Å². The predicted octanol–water partition coefficient (Wildman–Crippen LogP) is 6.29. The van der Waals surface area contributed by atoms with Crippen molar-refractivity contribution in [3.8, 4) is 0 Å². The Morgan fingerprint density at radius 1 is 1.05 bits per heavy atom. The highest BCUT2D eigenvalue weighted by Gasteiger charge is 2.44. The number of aryl methyl sites for hydroxylation is 2. The maximum absolute atomic E-state index is 15.8. The Morgan fingerprint density at radius 3 is 2.44 bits per heavy atom. The minimum absolute atomic E-state index is 0.0520. The van der Waals surface area contributed by atoms with Crippen molar-refractivity contribution in [3.05, 3.63) is 63.8 Å². The van der Waals surface area contributed by atoms with Gasteiger partial charge in [0.05, 0.1) is 19.3 Å². The summed E-state index contributed by atoms with van der Waals surface area (Å²) in [5.74, 6) is -1.77. The summed E-state index contributed by atoms with van der Waals surface area (Å²) in [7, 11) is 0. The molecule has 3 heterocycles. The van der Waals surface area contributed by atoms with Gasteiger partial charge in [-0.3, -0.25) is 9.29 Å². The summed E-state index contributed by atoms with van der Waals surface area (Å²) in [4.78, 5) is 6.52. The van der Waals surface area contributed by atoms with E-state index in [0.29, 0.717) is 31.6 Å². The van der Waals surface area contributed by atoms with Crippen LogP contribution in [0.4, 0.5) is 32.0 Å². The Balaban J connectivity index is 1.37.